The molecule has 208 valence electrons. The summed E-state index contributed by atoms with van der Waals surface area (Å²) in [6.45, 7) is 4.28. The number of benzene rings is 1. The highest BCUT2D eigenvalue weighted by Crippen LogP contribution is 2.40. The highest BCUT2D eigenvalue weighted by atomic mass is 35.5. The molecule has 2 fully saturated rings. The van der Waals surface area contributed by atoms with Crippen molar-refractivity contribution in [1.82, 2.24) is 20.9 Å². The summed E-state index contributed by atoms with van der Waals surface area (Å²) in [6, 6.07) is 7.49. The average Bonchev–Trinajstić information content (AvgIpc) is 2.91. The van der Waals surface area contributed by atoms with Gasteiger partial charge in [0.15, 0.2) is 0 Å². The van der Waals surface area contributed by atoms with Crippen LogP contribution in [0.2, 0.25) is 5.02 Å². The predicted molar refractivity (Wildman–Crippen MR) is 150 cm³/mol. The van der Waals surface area contributed by atoms with Gasteiger partial charge in [-0.3, -0.25) is 4.79 Å². The monoisotopic (exact) mass is 534 g/mol. The molecule has 0 radical (unpaired) electrons. The van der Waals surface area contributed by atoms with Gasteiger partial charge >= 0.3 is 6.03 Å². The van der Waals surface area contributed by atoms with E-state index >= 15 is 0 Å². The summed E-state index contributed by atoms with van der Waals surface area (Å²) in [4.78, 5) is 27.0. The summed E-state index contributed by atoms with van der Waals surface area (Å²) >= 11 is 6.31. The largest absolute Gasteiger partial charge is 0.385 e. The second kappa shape index (κ2) is 14.9. The number of rotatable bonds is 12. The Balaban J connectivity index is 1.68. The molecular formula is C29H47ClN4O3. The van der Waals surface area contributed by atoms with Gasteiger partial charge in [-0.05, 0) is 62.8 Å². The van der Waals surface area contributed by atoms with Crippen LogP contribution < -0.4 is 16.0 Å². The first-order chi connectivity index (χ1) is 17.9. The van der Waals surface area contributed by atoms with E-state index in [0.29, 0.717) is 49.8 Å². The van der Waals surface area contributed by atoms with E-state index in [0.717, 1.165) is 31.4 Å². The maximum Gasteiger partial charge on any atom is 0.317 e. The number of likely N-dealkylation sites (N-methyl/N-ethyl adjacent to an activating group) is 1. The van der Waals surface area contributed by atoms with Gasteiger partial charge in [0.1, 0.15) is 0 Å². The van der Waals surface area contributed by atoms with Crippen molar-refractivity contribution in [2.75, 3.05) is 33.2 Å². The molecule has 0 aromatic heterocycles. The van der Waals surface area contributed by atoms with Crippen molar-refractivity contribution < 1.29 is 14.7 Å². The average molecular weight is 535 g/mol. The molecule has 4 N–H and O–H groups in total. The van der Waals surface area contributed by atoms with Crippen molar-refractivity contribution in [3.05, 3.63) is 34.9 Å². The molecule has 37 heavy (non-hydrogen) atoms. The number of hydrogen-bond donors (Lipinski definition) is 4. The van der Waals surface area contributed by atoms with Crippen molar-refractivity contribution in [2.24, 2.45) is 11.8 Å². The van der Waals surface area contributed by atoms with E-state index in [9.17, 15) is 14.7 Å². The number of amides is 3. The minimum Gasteiger partial charge on any atom is -0.385 e. The van der Waals surface area contributed by atoms with Crippen LogP contribution in [0.4, 0.5) is 4.79 Å². The molecule has 1 heterocycles. The lowest BCUT2D eigenvalue weighted by atomic mass is 9.74. The van der Waals surface area contributed by atoms with Crippen molar-refractivity contribution in [2.45, 2.75) is 89.2 Å². The van der Waals surface area contributed by atoms with Gasteiger partial charge in [-0.15, -0.1) is 0 Å². The molecular weight excluding hydrogens is 488 g/mol. The van der Waals surface area contributed by atoms with Crippen LogP contribution >= 0.6 is 11.6 Å². The Morgan fingerprint density at radius 3 is 2.68 bits per heavy atom. The molecule has 1 aliphatic carbocycles. The fraction of sp³-hybridized carbons (Fsp3) is 0.724. The first kappa shape index (κ1) is 29.7. The highest BCUT2D eigenvalue weighted by molar-refractivity contribution is 6.30. The summed E-state index contributed by atoms with van der Waals surface area (Å²) in [7, 11) is 1.94. The number of carbonyl (C=O) groups is 2. The maximum atomic E-state index is 13.4. The number of likely N-dealkylation sites (tertiary alicyclic amines) is 1. The first-order valence-corrected chi connectivity index (χ1v) is 14.7. The second-order valence-electron chi connectivity index (χ2n) is 11.0. The molecule has 3 rings (SSSR count). The summed E-state index contributed by atoms with van der Waals surface area (Å²) in [5, 5.41) is 22.1. The highest BCUT2D eigenvalue weighted by Gasteiger charge is 2.41. The standard InChI is InChI=1S/C29H47ClN4O3/c1-3-27(35)32-16-9-15-29(37,23-12-7-14-25(30)19-23)24-13-8-17-34(21-24)28(36)33-26(20-31-2)18-22-10-5-4-6-11-22/h7,12,14,19,22,24,26,31,37H,3-6,8-11,13,15-18,20-21H2,1-2H3,(H,32,35)(H,33,36). The van der Waals surface area contributed by atoms with E-state index in [1.807, 2.05) is 43.1 Å². The number of hydrogen-bond acceptors (Lipinski definition) is 4. The van der Waals surface area contributed by atoms with Crippen LogP contribution in [0.25, 0.3) is 0 Å². The number of nitrogens with one attached hydrogen (secondary N) is 3. The Hall–Kier alpha value is -1.83. The van der Waals surface area contributed by atoms with E-state index < -0.39 is 5.60 Å². The molecule has 8 heteroatoms. The van der Waals surface area contributed by atoms with Crippen LogP contribution in [-0.4, -0.2) is 61.2 Å². The predicted octanol–water partition coefficient (Wildman–Crippen LogP) is 4.81. The third kappa shape index (κ3) is 8.86. The van der Waals surface area contributed by atoms with E-state index in [1.54, 1.807) is 0 Å². The van der Waals surface area contributed by atoms with E-state index in [2.05, 4.69) is 16.0 Å². The molecule has 7 nitrogen and oxygen atoms in total. The van der Waals surface area contributed by atoms with Gasteiger partial charge in [0, 0.05) is 49.6 Å². The molecule has 0 bridgehead atoms. The van der Waals surface area contributed by atoms with Crippen molar-refractivity contribution in [1.29, 1.82) is 0 Å². The Bertz CT molecular complexity index is 863. The van der Waals surface area contributed by atoms with E-state index in [-0.39, 0.29) is 23.9 Å². The van der Waals surface area contributed by atoms with Crippen LogP contribution in [0.1, 0.15) is 83.1 Å². The normalized spacial score (nSPS) is 21.2. The van der Waals surface area contributed by atoms with Crippen LogP contribution in [0.3, 0.4) is 0 Å². The Morgan fingerprint density at radius 1 is 1.19 bits per heavy atom. The van der Waals surface area contributed by atoms with Crippen molar-refractivity contribution >= 4 is 23.5 Å². The first-order valence-electron chi connectivity index (χ1n) is 14.3. The fourth-order valence-corrected chi connectivity index (χ4v) is 6.33. The van der Waals surface area contributed by atoms with Crippen LogP contribution in [-0.2, 0) is 10.4 Å². The van der Waals surface area contributed by atoms with Gasteiger partial charge in [-0.1, -0.05) is 62.8 Å². The summed E-state index contributed by atoms with van der Waals surface area (Å²) < 4.78 is 0. The molecule has 1 aliphatic heterocycles. The number of carbonyl (C=O) groups excluding carboxylic acids is 2. The molecule has 1 aromatic rings. The molecule has 1 saturated heterocycles. The number of aliphatic hydroxyl groups is 1. The SMILES string of the molecule is CCC(=O)NCCCC(O)(c1cccc(Cl)c1)C1CCCN(C(=O)NC(CNC)CC2CCCCC2)C1. The zero-order valence-corrected chi connectivity index (χ0v) is 23.5. The fourth-order valence-electron chi connectivity index (χ4n) is 6.13. The molecule has 3 amide bonds. The molecule has 2 aliphatic rings. The van der Waals surface area contributed by atoms with E-state index in [4.69, 9.17) is 11.6 Å². The van der Waals surface area contributed by atoms with Gasteiger partial charge in [-0.25, -0.2) is 4.79 Å². The third-order valence-electron chi connectivity index (χ3n) is 8.21. The van der Waals surface area contributed by atoms with Crippen LogP contribution in [0.5, 0.6) is 0 Å². The Morgan fingerprint density at radius 2 is 1.97 bits per heavy atom. The van der Waals surface area contributed by atoms with Gasteiger partial charge in [0.05, 0.1) is 5.60 Å². The number of urea groups is 1. The Kier molecular flexibility index (Phi) is 12.0. The van der Waals surface area contributed by atoms with Gasteiger partial charge in [-0.2, -0.15) is 0 Å². The minimum absolute atomic E-state index is 0.0103. The molecule has 3 atom stereocenters. The topological polar surface area (TPSA) is 93.7 Å². The molecule has 1 aromatic carbocycles. The molecule has 1 saturated carbocycles. The van der Waals surface area contributed by atoms with Gasteiger partial charge in [0.2, 0.25) is 5.91 Å². The quantitative estimate of drug-likeness (QED) is 0.289. The zero-order chi connectivity index (χ0) is 26.7. The lowest BCUT2D eigenvalue weighted by Gasteiger charge is -2.43. The summed E-state index contributed by atoms with van der Waals surface area (Å²) in [5.74, 6) is 0.576. The Labute approximate surface area is 228 Å². The second-order valence-corrected chi connectivity index (χ2v) is 11.4. The lowest BCUT2D eigenvalue weighted by Crippen LogP contribution is -2.54. The lowest BCUT2D eigenvalue weighted by molar-refractivity contribution is -0.120. The number of piperidine rings is 1. The molecule has 0 spiro atoms. The zero-order valence-electron chi connectivity index (χ0n) is 22.7. The number of halogens is 1. The third-order valence-corrected chi connectivity index (χ3v) is 8.44. The molecule has 3 unspecified atom stereocenters. The smallest absolute Gasteiger partial charge is 0.317 e. The maximum absolute atomic E-state index is 13.4. The van der Waals surface area contributed by atoms with Crippen molar-refractivity contribution in [3.63, 3.8) is 0 Å². The number of nitrogens with zero attached hydrogens (tertiary/aromatic N) is 1. The van der Waals surface area contributed by atoms with Crippen molar-refractivity contribution in [3.8, 4) is 0 Å². The van der Waals surface area contributed by atoms with E-state index in [1.165, 1.54) is 32.1 Å². The summed E-state index contributed by atoms with van der Waals surface area (Å²) in [6.07, 6.45) is 10.7. The minimum atomic E-state index is -1.13. The van der Waals surface area contributed by atoms with Crippen LogP contribution in [0, 0.1) is 11.8 Å². The summed E-state index contributed by atoms with van der Waals surface area (Å²) in [5.41, 5.74) is -0.354. The van der Waals surface area contributed by atoms with Crippen LogP contribution in [0.15, 0.2) is 24.3 Å². The van der Waals surface area contributed by atoms with Gasteiger partial charge < -0.3 is 26.0 Å². The van der Waals surface area contributed by atoms with Gasteiger partial charge in [0.25, 0.3) is 0 Å².